The summed E-state index contributed by atoms with van der Waals surface area (Å²) in [6.07, 6.45) is 0.209. The number of anilines is 1. The molecule has 0 aliphatic carbocycles. The molecule has 3 aromatic heterocycles. The van der Waals surface area contributed by atoms with Crippen LogP contribution in [0.1, 0.15) is 11.3 Å². The summed E-state index contributed by atoms with van der Waals surface area (Å²) in [5.41, 5.74) is 2.45. The van der Waals surface area contributed by atoms with Crippen LogP contribution in [-0.4, -0.2) is 20.0 Å². The summed E-state index contributed by atoms with van der Waals surface area (Å²) < 4.78 is 3.24. The van der Waals surface area contributed by atoms with E-state index in [1.165, 1.54) is 16.2 Å². The van der Waals surface area contributed by atoms with Gasteiger partial charge in [-0.15, -0.1) is 22.7 Å². The molecule has 6 nitrogen and oxygen atoms in total. The molecule has 0 spiro atoms. The smallest absolute Gasteiger partial charge is 0.302 e. The van der Waals surface area contributed by atoms with Gasteiger partial charge < -0.3 is 5.32 Å². The van der Waals surface area contributed by atoms with Crippen molar-refractivity contribution < 1.29 is 4.79 Å². The summed E-state index contributed by atoms with van der Waals surface area (Å²) in [5, 5.41) is 5.35. The molecule has 1 amide bonds. The van der Waals surface area contributed by atoms with Gasteiger partial charge in [-0.1, -0.05) is 12.1 Å². The van der Waals surface area contributed by atoms with Crippen LogP contribution in [0.25, 0.3) is 21.6 Å². The Morgan fingerprint density at radius 2 is 1.96 bits per heavy atom. The largest absolute Gasteiger partial charge is 0.328 e. The van der Waals surface area contributed by atoms with Crippen LogP contribution in [-0.2, 0) is 18.4 Å². The third-order valence-corrected chi connectivity index (χ3v) is 6.14. The van der Waals surface area contributed by atoms with Crippen molar-refractivity contribution in [3.05, 3.63) is 57.1 Å². The van der Waals surface area contributed by atoms with Crippen molar-refractivity contribution in [2.45, 2.75) is 19.9 Å². The van der Waals surface area contributed by atoms with Crippen molar-refractivity contribution in [1.29, 1.82) is 0 Å². The van der Waals surface area contributed by atoms with E-state index in [0.717, 1.165) is 21.6 Å². The van der Waals surface area contributed by atoms with E-state index in [2.05, 4.69) is 23.3 Å². The van der Waals surface area contributed by atoms with Gasteiger partial charge in [0.05, 0.1) is 21.6 Å². The second-order valence-corrected chi connectivity index (χ2v) is 8.37. The number of rotatable bonds is 5. The maximum Gasteiger partial charge on any atom is 0.328 e. The summed E-state index contributed by atoms with van der Waals surface area (Å²) in [5.74, 6) is -0.155. The molecule has 1 aromatic carbocycles. The zero-order chi connectivity index (χ0) is 19.0. The zero-order valence-electron chi connectivity index (χ0n) is 14.9. The topological polar surface area (TPSA) is 68.9 Å². The number of fused-ring (bicyclic) bond motifs is 1. The lowest BCUT2D eigenvalue weighted by Crippen LogP contribution is -2.24. The van der Waals surface area contributed by atoms with E-state index in [-0.39, 0.29) is 18.0 Å². The Kier molecular flexibility index (Phi) is 4.67. The van der Waals surface area contributed by atoms with Gasteiger partial charge in [0.25, 0.3) is 0 Å². The normalized spacial score (nSPS) is 11.2. The fourth-order valence-corrected chi connectivity index (χ4v) is 4.62. The SMILES string of the molecule is Cc1ccc(-c2csc(NC(=O)CCn3c(=O)n(C)c4ccccc43)n2)s1. The molecule has 0 fully saturated rings. The Morgan fingerprint density at radius 1 is 1.19 bits per heavy atom. The minimum Gasteiger partial charge on any atom is -0.302 e. The van der Waals surface area contributed by atoms with E-state index < -0.39 is 0 Å². The summed E-state index contributed by atoms with van der Waals surface area (Å²) in [6.45, 7) is 2.38. The van der Waals surface area contributed by atoms with Crippen molar-refractivity contribution >= 4 is 44.7 Å². The molecule has 0 aliphatic heterocycles. The summed E-state index contributed by atoms with van der Waals surface area (Å²) in [7, 11) is 1.74. The summed E-state index contributed by atoms with van der Waals surface area (Å²) in [4.78, 5) is 31.5. The van der Waals surface area contributed by atoms with Gasteiger partial charge >= 0.3 is 5.69 Å². The summed E-state index contributed by atoms with van der Waals surface area (Å²) in [6, 6.07) is 11.7. The van der Waals surface area contributed by atoms with Crippen molar-refractivity contribution in [3.63, 3.8) is 0 Å². The van der Waals surface area contributed by atoms with E-state index in [9.17, 15) is 9.59 Å². The number of nitrogens with zero attached hydrogens (tertiary/aromatic N) is 3. The molecule has 0 aliphatic rings. The Bertz CT molecular complexity index is 1180. The molecule has 3 heterocycles. The maximum absolute atomic E-state index is 12.4. The predicted octanol–water partition coefficient (Wildman–Crippen LogP) is 3.86. The second-order valence-electron chi connectivity index (χ2n) is 6.23. The van der Waals surface area contributed by atoms with Gasteiger partial charge in [-0.2, -0.15) is 0 Å². The average molecular weight is 399 g/mol. The van der Waals surface area contributed by atoms with Gasteiger partial charge in [0, 0.05) is 30.3 Å². The maximum atomic E-state index is 12.4. The Morgan fingerprint density at radius 3 is 2.70 bits per heavy atom. The highest BCUT2D eigenvalue weighted by atomic mass is 32.1. The zero-order valence-corrected chi connectivity index (χ0v) is 16.6. The predicted molar refractivity (Wildman–Crippen MR) is 111 cm³/mol. The monoisotopic (exact) mass is 398 g/mol. The molecule has 0 saturated heterocycles. The third kappa shape index (κ3) is 3.45. The van der Waals surface area contributed by atoms with Crippen LogP contribution < -0.4 is 11.0 Å². The lowest BCUT2D eigenvalue weighted by Gasteiger charge is -2.03. The van der Waals surface area contributed by atoms with E-state index in [0.29, 0.717) is 11.7 Å². The van der Waals surface area contributed by atoms with Crippen molar-refractivity contribution in [2.24, 2.45) is 7.05 Å². The lowest BCUT2D eigenvalue weighted by atomic mass is 10.3. The van der Waals surface area contributed by atoms with Gasteiger partial charge in [0.1, 0.15) is 0 Å². The molecule has 4 aromatic rings. The standard InChI is InChI=1S/C19H18N4O2S2/c1-12-7-8-16(27-12)13-11-26-18(20-13)21-17(24)9-10-23-15-6-4-3-5-14(15)22(2)19(23)25/h3-8,11H,9-10H2,1-2H3,(H,20,21,24). The molecule has 4 rings (SSSR count). The van der Waals surface area contributed by atoms with E-state index in [1.54, 1.807) is 27.5 Å². The number of aryl methyl sites for hydroxylation is 3. The Labute approximate surface area is 163 Å². The van der Waals surface area contributed by atoms with Crippen LogP contribution in [0.4, 0.5) is 5.13 Å². The van der Waals surface area contributed by atoms with Crippen molar-refractivity contribution in [2.75, 3.05) is 5.32 Å². The number of imidazole rings is 1. The number of hydrogen-bond acceptors (Lipinski definition) is 5. The first-order valence-electron chi connectivity index (χ1n) is 8.49. The van der Waals surface area contributed by atoms with Gasteiger partial charge in [-0.05, 0) is 31.2 Å². The fraction of sp³-hybridized carbons (Fsp3) is 0.211. The number of nitrogens with one attached hydrogen (secondary N) is 1. The minimum atomic E-state index is -0.155. The number of aromatic nitrogens is 3. The average Bonchev–Trinajstić information content (AvgIpc) is 3.35. The second kappa shape index (κ2) is 7.13. The van der Waals surface area contributed by atoms with Gasteiger partial charge in [-0.25, -0.2) is 9.78 Å². The Hall–Kier alpha value is -2.71. The van der Waals surface area contributed by atoms with E-state index >= 15 is 0 Å². The fourth-order valence-electron chi connectivity index (χ4n) is 2.99. The highest BCUT2D eigenvalue weighted by Gasteiger charge is 2.13. The number of thiophene rings is 1. The van der Waals surface area contributed by atoms with Crippen LogP contribution >= 0.6 is 22.7 Å². The quantitative estimate of drug-likeness (QED) is 0.555. The first-order chi connectivity index (χ1) is 13.0. The molecule has 0 saturated carbocycles. The number of carbonyl (C=O) groups is 1. The van der Waals surface area contributed by atoms with Gasteiger partial charge in [-0.3, -0.25) is 13.9 Å². The number of benzene rings is 1. The van der Waals surface area contributed by atoms with Crippen molar-refractivity contribution in [3.8, 4) is 10.6 Å². The number of amides is 1. The molecule has 27 heavy (non-hydrogen) atoms. The Balaban J connectivity index is 1.45. The van der Waals surface area contributed by atoms with Crippen LogP contribution in [0.5, 0.6) is 0 Å². The molecule has 0 atom stereocenters. The third-order valence-electron chi connectivity index (χ3n) is 4.36. The van der Waals surface area contributed by atoms with Crippen LogP contribution in [0.3, 0.4) is 0 Å². The molecule has 1 N–H and O–H groups in total. The van der Waals surface area contributed by atoms with Gasteiger partial charge in [0.15, 0.2) is 5.13 Å². The first-order valence-corrected chi connectivity index (χ1v) is 10.2. The molecule has 138 valence electrons. The summed E-state index contributed by atoms with van der Waals surface area (Å²) >= 11 is 3.08. The first kappa shape index (κ1) is 17.7. The molecular weight excluding hydrogens is 380 g/mol. The van der Waals surface area contributed by atoms with Crippen LogP contribution in [0.2, 0.25) is 0 Å². The van der Waals surface area contributed by atoms with Crippen LogP contribution in [0.15, 0.2) is 46.6 Å². The van der Waals surface area contributed by atoms with E-state index in [1.807, 2.05) is 35.7 Å². The van der Waals surface area contributed by atoms with Gasteiger partial charge in [0.2, 0.25) is 5.91 Å². The highest BCUT2D eigenvalue weighted by molar-refractivity contribution is 7.17. The molecular formula is C19H18N4O2S2. The minimum absolute atomic E-state index is 0.117. The lowest BCUT2D eigenvalue weighted by molar-refractivity contribution is -0.116. The molecule has 0 radical (unpaired) electrons. The van der Waals surface area contributed by atoms with Crippen molar-refractivity contribution in [1.82, 2.24) is 14.1 Å². The molecule has 8 heteroatoms. The van der Waals surface area contributed by atoms with E-state index in [4.69, 9.17) is 0 Å². The number of carbonyl (C=O) groups excluding carboxylic acids is 1. The number of hydrogen-bond donors (Lipinski definition) is 1. The number of para-hydroxylation sites is 2. The molecule has 0 bridgehead atoms. The van der Waals surface area contributed by atoms with Crippen LogP contribution in [0, 0.1) is 6.92 Å². The highest BCUT2D eigenvalue weighted by Crippen LogP contribution is 2.30. The molecule has 0 unspecified atom stereocenters. The number of thiazole rings is 1.